The first-order valence-corrected chi connectivity index (χ1v) is 6.91. The molecule has 0 amide bonds. The molecule has 0 radical (unpaired) electrons. The second-order valence-electron chi connectivity index (χ2n) is 5.02. The van der Waals surface area contributed by atoms with E-state index in [-0.39, 0.29) is 5.41 Å². The normalized spacial score (nSPS) is 29.8. The fourth-order valence-corrected chi connectivity index (χ4v) is 2.41. The van der Waals surface area contributed by atoms with Gasteiger partial charge in [0, 0.05) is 0 Å². The Labute approximate surface area is 112 Å². The third kappa shape index (κ3) is 4.07. The highest BCUT2D eigenvalue weighted by Gasteiger charge is 2.34. The Morgan fingerprint density at radius 1 is 1.56 bits per heavy atom. The Kier molecular flexibility index (Phi) is 5.76. The second kappa shape index (κ2) is 6.86. The SMILES string of the molecule is C=C/C(C)=C(P)\C=C/CC1(C#N)CCC(F)CC1. The lowest BCUT2D eigenvalue weighted by Crippen LogP contribution is -2.26. The van der Waals surface area contributed by atoms with Crippen LogP contribution in [0.2, 0.25) is 0 Å². The lowest BCUT2D eigenvalue weighted by Gasteiger charge is -2.31. The molecule has 98 valence electrons. The van der Waals surface area contributed by atoms with Crippen LogP contribution in [0.15, 0.2) is 35.7 Å². The molecule has 0 N–H and O–H groups in total. The van der Waals surface area contributed by atoms with Crippen LogP contribution in [0.5, 0.6) is 0 Å². The molecule has 1 atom stereocenters. The minimum atomic E-state index is -0.712. The summed E-state index contributed by atoms with van der Waals surface area (Å²) in [6.07, 6.45) is 8.22. The van der Waals surface area contributed by atoms with Crippen molar-refractivity contribution in [2.24, 2.45) is 5.41 Å². The predicted octanol–water partition coefficient (Wildman–Crippen LogP) is 4.69. The molecular weight excluding hydrogens is 244 g/mol. The third-order valence-electron chi connectivity index (χ3n) is 3.68. The summed E-state index contributed by atoms with van der Waals surface area (Å²) in [5.74, 6) is 0. The quantitative estimate of drug-likeness (QED) is 0.534. The molecule has 1 fully saturated rings. The zero-order valence-electron chi connectivity index (χ0n) is 11.0. The van der Waals surface area contributed by atoms with Gasteiger partial charge in [-0.25, -0.2) is 4.39 Å². The third-order valence-corrected chi connectivity index (χ3v) is 4.32. The maximum atomic E-state index is 13.1. The first kappa shape index (κ1) is 15.1. The summed E-state index contributed by atoms with van der Waals surface area (Å²) in [6, 6.07) is 2.39. The molecule has 18 heavy (non-hydrogen) atoms. The summed E-state index contributed by atoms with van der Waals surface area (Å²) in [7, 11) is 2.67. The van der Waals surface area contributed by atoms with E-state index in [1.54, 1.807) is 6.08 Å². The van der Waals surface area contributed by atoms with E-state index < -0.39 is 6.17 Å². The molecule has 0 spiro atoms. The van der Waals surface area contributed by atoms with Crippen LogP contribution < -0.4 is 0 Å². The summed E-state index contributed by atoms with van der Waals surface area (Å²) in [6.45, 7) is 5.71. The van der Waals surface area contributed by atoms with Crippen LogP contribution >= 0.6 is 9.24 Å². The molecular formula is C15H21FNP. The van der Waals surface area contributed by atoms with Crippen molar-refractivity contribution in [3.05, 3.63) is 35.7 Å². The van der Waals surface area contributed by atoms with Crippen molar-refractivity contribution in [2.75, 3.05) is 0 Å². The van der Waals surface area contributed by atoms with Gasteiger partial charge in [0.05, 0.1) is 11.5 Å². The Morgan fingerprint density at radius 2 is 2.17 bits per heavy atom. The van der Waals surface area contributed by atoms with Gasteiger partial charge in [-0.1, -0.05) is 24.8 Å². The minimum Gasteiger partial charge on any atom is -0.247 e. The summed E-state index contributed by atoms with van der Waals surface area (Å²) >= 11 is 0. The zero-order valence-corrected chi connectivity index (χ0v) is 12.1. The summed E-state index contributed by atoms with van der Waals surface area (Å²) in [5.41, 5.74) is 0.751. The highest BCUT2D eigenvalue weighted by molar-refractivity contribution is 7.23. The number of hydrogen-bond acceptors (Lipinski definition) is 1. The zero-order chi connectivity index (χ0) is 13.6. The van der Waals surface area contributed by atoms with Crippen LogP contribution in [-0.4, -0.2) is 6.17 Å². The largest absolute Gasteiger partial charge is 0.247 e. The molecule has 1 rings (SSSR count). The predicted molar refractivity (Wildman–Crippen MR) is 77.8 cm³/mol. The first-order chi connectivity index (χ1) is 8.53. The molecule has 1 aliphatic rings. The number of allylic oxidation sites excluding steroid dienone is 5. The molecule has 1 nitrogen and oxygen atoms in total. The number of rotatable bonds is 4. The van der Waals surface area contributed by atoms with Crippen LogP contribution in [0.25, 0.3) is 0 Å². The van der Waals surface area contributed by atoms with E-state index in [2.05, 4.69) is 21.9 Å². The van der Waals surface area contributed by atoms with E-state index >= 15 is 0 Å². The monoisotopic (exact) mass is 265 g/mol. The van der Waals surface area contributed by atoms with Crippen molar-refractivity contribution in [2.45, 2.75) is 45.2 Å². The molecule has 1 saturated carbocycles. The van der Waals surface area contributed by atoms with E-state index in [4.69, 9.17) is 0 Å². The molecule has 0 aromatic rings. The van der Waals surface area contributed by atoms with Crippen LogP contribution in [0, 0.1) is 16.7 Å². The van der Waals surface area contributed by atoms with E-state index in [0.29, 0.717) is 32.1 Å². The maximum Gasteiger partial charge on any atom is 0.100 e. The van der Waals surface area contributed by atoms with Crippen molar-refractivity contribution in [3.8, 4) is 6.07 Å². The molecule has 0 aromatic heterocycles. The number of hydrogen-bond donors (Lipinski definition) is 0. The highest BCUT2D eigenvalue weighted by Crippen LogP contribution is 2.40. The van der Waals surface area contributed by atoms with Gasteiger partial charge in [-0.2, -0.15) is 5.26 Å². The van der Waals surface area contributed by atoms with Gasteiger partial charge in [-0.15, -0.1) is 9.24 Å². The van der Waals surface area contributed by atoms with Gasteiger partial charge in [0.1, 0.15) is 6.17 Å². The maximum absolute atomic E-state index is 13.1. The van der Waals surface area contributed by atoms with E-state index in [0.717, 1.165) is 10.9 Å². The van der Waals surface area contributed by atoms with Gasteiger partial charge in [0.2, 0.25) is 0 Å². The molecule has 0 bridgehead atoms. The van der Waals surface area contributed by atoms with Crippen LogP contribution in [0.3, 0.4) is 0 Å². The van der Waals surface area contributed by atoms with Gasteiger partial charge in [0.25, 0.3) is 0 Å². The molecule has 0 heterocycles. The smallest absolute Gasteiger partial charge is 0.100 e. The van der Waals surface area contributed by atoms with Crippen molar-refractivity contribution in [1.82, 2.24) is 0 Å². The average molecular weight is 265 g/mol. The lowest BCUT2D eigenvalue weighted by molar-refractivity contribution is 0.167. The van der Waals surface area contributed by atoms with Gasteiger partial charge < -0.3 is 0 Å². The van der Waals surface area contributed by atoms with Crippen LogP contribution in [0.1, 0.15) is 39.0 Å². The number of halogens is 1. The van der Waals surface area contributed by atoms with Gasteiger partial charge in [0.15, 0.2) is 0 Å². The fourth-order valence-electron chi connectivity index (χ4n) is 2.16. The molecule has 0 aliphatic heterocycles. The molecule has 3 heteroatoms. The lowest BCUT2D eigenvalue weighted by atomic mass is 9.72. The minimum absolute atomic E-state index is 0.355. The van der Waals surface area contributed by atoms with E-state index in [1.807, 2.05) is 19.1 Å². The van der Waals surface area contributed by atoms with Crippen LogP contribution in [-0.2, 0) is 0 Å². The Morgan fingerprint density at radius 3 is 2.67 bits per heavy atom. The van der Waals surface area contributed by atoms with Crippen molar-refractivity contribution < 1.29 is 4.39 Å². The summed E-state index contributed by atoms with van der Waals surface area (Å²) in [4.78, 5) is 0. The number of nitriles is 1. The van der Waals surface area contributed by atoms with Gasteiger partial charge in [-0.3, -0.25) is 0 Å². The second-order valence-corrected chi connectivity index (χ2v) is 5.64. The molecule has 1 aliphatic carbocycles. The number of alkyl halides is 1. The molecule has 0 aromatic carbocycles. The van der Waals surface area contributed by atoms with Gasteiger partial charge >= 0.3 is 0 Å². The highest BCUT2D eigenvalue weighted by atomic mass is 31.0. The number of nitrogens with zero attached hydrogens (tertiary/aromatic N) is 1. The van der Waals surface area contributed by atoms with Crippen molar-refractivity contribution >= 4 is 9.24 Å². The Balaban J connectivity index is 2.64. The standard InChI is InChI=1S/C15H21FNP/c1-3-12(2)14(18)5-4-8-15(11-17)9-6-13(16)7-10-15/h3-5,13H,1,6-10,18H2,2H3/b5-4-,14-12+. The summed E-state index contributed by atoms with van der Waals surface area (Å²) < 4.78 is 13.1. The van der Waals surface area contributed by atoms with Crippen molar-refractivity contribution in [1.29, 1.82) is 5.26 Å². The first-order valence-electron chi connectivity index (χ1n) is 6.33. The van der Waals surface area contributed by atoms with Crippen LogP contribution in [0.4, 0.5) is 4.39 Å². The Bertz CT molecular complexity index is 395. The fraction of sp³-hybridized carbons (Fsp3) is 0.533. The summed E-state index contributed by atoms with van der Waals surface area (Å²) in [5, 5.41) is 10.4. The van der Waals surface area contributed by atoms with Gasteiger partial charge in [-0.05, 0) is 49.9 Å². The molecule has 0 saturated heterocycles. The van der Waals surface area contributed by atoms with E-state index in [9.17, 15) is 9.65 Å². The molecule has 1 unspecified atom stereocenters. The average Bonchev–Trinajstić information content (AvgIpc) is 2.40. The topological polar surface area (TPSA) is 23.8 Å². The Hall–Kier alpha value is -0.930. The van der Waals surface area contributed by atoms with Crippen molar-refractivity contribution in [3.63, 3.8) is 0 Å². The van der Waals surface area contributed by atoms with E-state index in [1.165, 1.54) is 0 Å².